The van der Waals surface area contributed by atoms with Gasteiger partial charge in [0.05, 0.1) is 0 Å². The van der Waals surface area contributed by atoms with E-state index < -0.39 is 0 Å². The highest BCUT2D eigenvalue weighted by Crippen LogP contribution is 2.09. The van der Waals surface area contributed by atoms with Crippen LogP contribution in [0.15, 0.2) is 23.6 Å². The van der Waals surface area contributed by atoms with Gasteiger partial charge < -0.3 is 4.90 Å². The molecule has 2 nitrogen and oxygen atoms in total. The van der Waals surface area contributed by atoms with Crippen molar-refractivity contribution in [2.24, 2.45) is 0 Å². The zero-order valence-electron chi connectivity index (χ0n) is 7.86. The molecule has 13 heavy (non-hydrogen) atoms. The molecule has 1 aromatic rings. The van der Waals surface area contributed by atoms with E-state index in [0.29, 0.717) is 6.54 Å². The highest BCUT2D eigenvalue weighted by atomic mass is 32.1. The molecule has 0 atom stereocenters. The van der Waals surface area contributed by atoms with Crippen LogP contribution < -0.4 is 0 Å². The van der Waals surface area contributed by atoms with Gasteiger partial charge in [-0.05, 0) is 17.5 Å². The van der Waals surface area contributed by atoms with Gasteiger partial charge in [-0.3, -0.25) is 4.79 Å². The van der Waals surface area contributed by atoms with Crippen LogP contribution in [-0.2, 0) is 4.79 Å². The van der Waals surface area contributed by atoms with Gasteiger partial charge in [0.25, 0.3) is 0 Å². The molecule has 0 unspecified atom stereocenters. The lowest BCUT2D eigenvalue weighted by atomic mass is 10.4. The van der Waals surface area contributed by atoms with Crippen molar-refractivity contribution in [2.45, 2.75) is 6.92 Å². The van der Waals surface area contributed by atoms with Gasteiger partial charge in [0.1, 0.15) is 0 Å². The molecule has 0 saturated carbocycles. The molecule has 0 radical (unpaired) electrons. The van der Waals surface area contributed by atoms with Crippen LogP contribution in [0.3, 0.4) is 0 Å². The molecule has 0 saturated heterocycles. The maximum atomic E-state index is 10.8. The maximum absolute atomic E-state index is 10.8. The summed E-state index contributed by atoms with van der Waals surface area (Å²) in [5, 5.41) is 2.04. The average molecular weight is 195 g/mol. The Kier molecular flexibility index (Phi) is 3.71. The average Bonchev–Trinajstić information content (AvgIpc) is 2.56. The first-order valence-corrected chi connectivity index (χ1v) is 5.00. The van der Waals surface area contributed by atoms with Crippen LogP contribution in [-0.4, -0.2) is 24.4 Å². The second-order valence-corrected chi connectivity index (χ2v) is 3.80. The van der Waals surface area contributed by atoms with E-state index in [1.807, 2.05) is 23.6 Å². The number of amides is 1. The van der Waals surface area contributed by atoms with E-state index in [9.17, 15) is 4.79 Å². The fourth-order valence-corrected chi connectivity index (χ4v) is 1.49. The van der Waals surface area contributed by atoms with Gasteiger partial charge in [0, 0.05) is 25.4 Å². The topological polar surface area (TPSA) is 20.3 Å². The van der Waals surface area contributed by atoms with Crippen molar-refractivity contribution in [3.05, 3.63) is 28.5 Å². The summed E-state index contributed by atoms with van der Waals surface area (Å²) in [4.78, 5) is 13.7. The maximum Gasteiger partial charge on any atom is 0.219 e. The Labute approximate surface area is 82.5 Å². The van der Waals surface area contributed by atoms with Gasteiger partial charge in [-0.1, -0.05) is 12.1 Å². The minimum absolute atomic E-state index is 0.0934. The van der Waals surface area contributed by atoms with Crippen molar-refractivity contribution < 1.29 is 4.79 Å². The van der Waals surface area contributed by atoms with Gasteiger partial charge in [0.15, 0.2) is 0 Å². The fraction of sp³-hybridized carbons (Fsp3) is 0.300. The number of nitrogens with zero attached hydrogens (tertiary/aromatic N) is 1. The van der Waals surface area contributed by atoms with Crippen molar-refractivity contribution in [1.29, 1.82) is 0 Å². The summed E-state index contributed by atoms with van der Waals surface area (Å²) in [5.74, 6) is 0.0934. The molecule has 0 N–H and O–H groups in total. The third-order valence-corrected chi connectivity index (χ3v) is 2.58. The molecule has 3 heteroatoms. The van der Waals surface area contributed by atoms with Gasteiger partial charge in [-0.2, -0.15) is 0 Å². The number of hydrogen-bond acceptors (Lipinski definition) is 2. The summed E-state index contributed by atoms with van der Waals surface area (Å²) in [5.41, 5.74) is 0. The normalized spacial score (nSPS) is 10.6. The van der Waals surface area contributed by atoms with Crippen LogP contribution in [0, 0.1) is 0 Å². The lowest BCUT2D eigenvalue weighted by Gasteiger charge is -2.10. The van der Waals surface area contributed by atoms with E-state index in [1.54, 1.807) is 30.2 Å². The predicted octanol–water partition coefficient (Wildman–Crippen LogP) is 2.24. The Balaban J connectivity index is 2.38. The van der Waals surface area contributed by atoms with Crippen LogP contribution in [0.4, 0.5) is 0 Å². The molecule has 0 aliphatic carbocycles. The van der Waals surface area contributed by atoms with Crippen LogP contribution in [0.2, 0.25) is 0 Å². The molecular weight excluding hydrogens is 182 g/mol. The summed E-state index contributed by atoms with van der Waals surface area (Å²) in [6, 6.07) is 4.06. The summed E-state index contributed by atoms with van der Waals surface area (Å²) >= 11 is 1.69. The van der Waals surface area contributed by atoms with Crippen LogP contribution in [0.1, 0.15) is 11.8 Å². The third kappa shape index (κ3) is 3.42. The molecule has 70 valence electrons. The standard InChI is InChI=1S/C10H13NOS/c1-9(12)11(2)7-3-5-10-6-4-8-13-10/h3-6,8H,7H2,1-2H3/b5-3+. The van der Waals surface area contributed by atoms with Crippen molar-refractivity contribution in [3.63, 3.8) is 0 Å². The molecule has 0 aromatic carbocycles. The first-order chi connectivity index (χ1) is 6.20. The first-order valence-electron chi connectivity index (χ1n) is 4.12. The van der Waals surface area contributed by atoms with Gasteiger partial charge in [-0.15, -0.1) is 11.3 Å². The lowest BCUT2D eigenvalue weighted by molar-refractivity contribution is -0.127. The summed E-state index contributed by atoms with van der Waals surface area (Å²) in [7, 11) is 1.79. The Hall–Kier alpha value is -1.09. The molecule has 0 fully saturated rings. The smallest absolute Gasteiger partial charge is 0.219 e. The summed E-state index contributed by atoms with van der Waals surface area (Å²) in [6.45, 7) is 2.24. The Morgan fingerprint density at radius 2 is 2.46 bits per heavy atom. The van der Waals surface area contributed by atoms with E-state index in [-0.39, 0.29) is 5.91 Å². The fourth-order valence-electron chi connectivity index (χ4n) is 0.842. The largest absolute Gasteiger partial charge is 0.342 e. The number of carbonyl (C=O) groups excluding carboxylic acids is 1. The van der Waals surface area contributed by atoms with Crippen LogP contribution >= 0.6 is 11.3 Å². The number of likely N-dealkylation sites (N-methyl/N-ethyl adjacent to an activating group) is 1. The molecule has 0 aliphatic rings. The summed E-state index contributed by atoms with van der Waals surface area (Å²) in [6.07, 6.45) is 4.03. The second-order valence-electron chi connectivity index (χ2n) is 2.82. The minimum atomic E-state index is 0.0934. The minimum Gasteiger partial charge on any atom is -0.342 e. The summed E-state index contributed by atoms with van der Waals surface area (Å²) < 4.78 is 0. The number of hydrogen-bond donors (Lipinski definition) is 0. The van der Waals surface area contributed by atoms with Gasteiger partial charge in [0.2, 0.25) is 5.91 Å². The lowest BCUT2D eigenvalue weighted by Crippen LogP contribution is -2.23. The number of rotatable bonds is 3. The first kappa shape index (κ1) is 9.99. The second kappa shape index (κ2) is 4.82. The van der Waals surface area contributed by atoms with E-state index in [1.165, 1.54) is 4.88 Å². The molecular formula is C10H13NOS. The molecule has 0 spiro atoms. The highest BCUT2D eigenvalue weighted by molar-refractivity contribution is 7.10. The molecule has 1 aromatic heterocycles. The Morgan fingerprint density at radius 3 is 3.00 bits per heavy atom. The predicted molar refractivity (Wildman–Crippen MR) is 56.7 cm³/mol. The third-order valence-electron chi connectivity index (χ3n) is 1.74. The van der Waals surface area contributed by atoms with Crippen molar-refractivity contribution in [2.75, 3.05) is 13.6 Å². The zero-order chi connectivity index (χ0) is 9.68. The zero-order valence-corrected chi connectivity index (χ0v) is 8.67. The molecule has 1 rings (SSSR count). The van der Waals surface area contributed by atoms with E-state index in [4.69, 9.17) is 0 Å². The van der Waals surface area contributed by atoms with Crippen molar-refractivity contribution in [1.82, 2.24) is 4.90 Å². The molecule has 0 aliphatic heterocycles. The quantitative estimate of drug-likeness (QED) is 0.724. The number of carbonyl (C=O) groups is 1. The molecule has 1 heterocycles. The van der Waals surface area contributed by atoms with E-state index in [2.05, 4.69) is 6.07 Å². The van der Waals surface area contributed by atoms with Crippen molar-refractivity contribution in [3.8, 4) is 0 Å². The monoisotopic (exact) mass is 195 g/mol. The van der Waals surface area contributed by atoms with Crippen molar-refractivity contribution >= 4 is 23.3 Å². The molecule has 0 bridgehead atoms. The van der Waals surface area contributed by atoms with Gasteiger partial charge in [-0.25, -0.2) is 0 Å². The van der Waals surface area contributed by atoms with Crippen LogP contribution in [0.25, 0.3) is 6.08 Å². The van der Waals surface area contributed by atoms with E-state index in [0.717, 1.165) is 0 Å². The Bertz CT molecular complexity index is 290. The van der Waals surface area contributed by atoms with Crippen LogP contribution in [0.5, 0.6) is 0 Å². The van der Waals surface area contributed by atoms with Gasteiger partial charge >= 0.3 is 0 Å². The molecule has 1 amide bonds. The SMILES string of the molecule is CC(=O)N(C)C/C=C/c1cccs1. The Morgan fingerprint density at radius 1 is 1.69 bits per heavy atom. The number of thiophene rings is 1. The highest BCUT2D eigenvalue weighted by Gasteiger charge is 1.96. The van der Waals surface area contributed by atoms with E-state index >= 15 is 0 Å².